The average molecular weight is 349 g/mol. The first-order valence-corrected chi connectivity index (χ1v) is 9.51. The summed E-state index contributed by atoms with van der Waals surface area (Å²) >= 11 is 0. The van der Waals surface area contributed by atoms with Crippen LogP contribution in [0.15, 0.2) is 30.6 Å². The lowest BCUT2D eigenvalue weighted by Crippen LogP contribution is -2.36. The highest BCUT2D eigenvalue weighted by Gasteiger charge is 2.22. The van der Waals surface area contributed by atoms with E-state index >= 15 is 0 Å². The van der Waals surface area contributed by atoms with Gasteiger partial charge in [-0.2, -0.15) is 5.10 Å². The van der Waals surface area contributed by atoms with Crippen molar-refractivity contribution in [3.05, 3.63) is 36.3 Å². The largest absolute Gasteiger partial charge is 0.378 e. The summed E-state index contributed by atoms with van der Waals surface area (Å²) in [5.41, 5.74) is 5.51. The van der Waals surface area contributed by atoms with Gasteiger partial charge in [0.1, 0.15) is 5.82 Å². The first kappa shape index (κ1) is 15.8. The fraction of sp³-hybridized carbons (Fsp3) is 0.450. The maximum Gasteiger partial charge on any atom is 0.148 e. The number of anilines is 1. The van der Waals surface area contributed by atoms with Crippen LogP contribution in [0.5, 0.6) is 0 Å². The fourth-order valence-electron chi connectivity index (χ4n) is 4.17. The van der Waals surface area contributed by atoms with E-state index in [1.807, 2.05) is 12.4 Å². The predicted molar refractivity (Wildman–Crippen MR) is 101 cm³/mol. The van der Waals surface area contributed by atoms with Crippen LogP contribution in [0.1, 0.15) is 37.3 Å². The second kappa shape index (κ2) is 6.68. The summed E-state index contributed by atoms with van der Waals surface area (Å²) < 4.78 is 5.44. The van der Waals surface area contributed by atoms with Crippen molar-refractivity contribution in [2.45, 2.75) is 31.6 Å². The van der Waals surface area contributed by atoms with Crippen LogP contribution in [-0.2, 0) is 4.74 Å². The molecule has 6 heteroatoms. The van der Waals surface area contributed by atoms with E-state index in [2.05, 4.69) is 38.3 Å². The van der Waals surface area contributed by atoms with E-state index in [0.29, 0.717) is 5.92 Å². The number of hydrogen-bond donors (Lipinski definition) is 1. The predicted octanol–water partition coefficient (Wildman–Crippen LogP) is 3.51. The Labute approximate surface area is 152 Å². The average Bonchev–Trinajstić information content (AvgIpc) is 3.39. The molecular weight excluding hydrogens is 326 g/mol. The van der Waals surface area contributed by atoms with Gasteiger partial charge in [-0.05, 0) is 30.5 Å². The van der Waals surface area contributed by atoms with E-state index in [9.17, 15) is 0 Å². The van der Waals surface area contributed by atoms with Gasteiger partial charge in [-0.25, -0.2) is 4.98 Å². The minimum absolute atomic E-state index is 0.606. The van der Waals surface area contributed by atoms with Crippen molar-refractivity contribution in [1.82, 2.24) is 20.2 Å². The summed E-state index contributed by atoms with van der Waals surface area (Å²) in [6.45, 7) is 3.24. The Morgan fingerprint density at radius 1 is 1.04 bits per heavy atom. The fourth-order valence-corrected chi connectivity index (χ4v) is 4.17. The molecule has 6 nitrogen and oxygen atoms in total. The number of ether oxygens (including phenoxy) is 1. The van der Waals surface area contributed by atoms with Crippen LogP contribution in [0, 0.1) is 0 Å². The second-order valence-electron chi connectivity index (χ2n) is 7.21. The van der Waals surface area contributed by atoms with E-state index in [1.165, 1.54) is 42.5 Å². The normalized spacial score (nSPS) is 18.7. The number of benzene rings is 1. The molecule has 0 bridgehead atoms. The van der Waals surface area contributed by atoms with E-state index in [1.54, 1.807) is 0 Å². The molecule has 2 fully saturated rings. The molecule has 1 aromatic carbocycles. The van der Waals surface area contributed by atoms with Crippen LogP contribution >= 0.6 is 0 Å². The molecule has 0 radical (unpaired) electrons. The smallest absolute Gasteiger partial charge is 0.148 e. The molecule has 0 spiro atoms. The molecule has 2 aromatic heterocycles. The highest BCUT2D eigenvalue weighted by molar-refractivity contribution is 5.82. The van der Waals surface area contributed by atoms with Crippen LogP contribution in [0.4, 0.5) is 5.82 Å². The van der Waals surface area contributed by atoms with Gasteiger partial charge in [0.2, 0.25) is 0 Å². The number of H-pyrrole nitrogens is 1. The van der Waals surface area contributed by atoms with Gasteiger partial charge in [0, 0.05) is 30.3 Å². The third kappa shape index (κ3) is 2.84. The van der Waals surface area contributed by atoms with Crippen molar-refractivity contribution in [3.8, 4) is 11.1 Å². The van der Waals surface area contributed by atoms with Crippen LogP contribution in [-0.4, -0.2) is 46.5 Å². The Hall–Kier alpha value is -2.47. The first-order valence-electron chi connectivity index (χ1n) is 9.51. The topological polar surface area (TPSA) is 66.9 Å². The monoisotopic (exact) mass is 349 g/mol. The molecule has 2 aliphatic rings. The van der Waals surface area contributed by atoms with Gasteiger partial charge < -0.3 is 9.64 Å². The molecule has 0 atom stereocenters. The summed E-state index contributed by atoms with van der Waals surface area (Å²) in [6, 6.07) is 6.34. The molecule has 0 unspecified atom stereocenters. The molecule has 134 valence electrons. The minimum Gasteiger partial charge on any atom is -0.378 e. The third-order valence-electron chi connectivity index (χ3n) is 5.61. The van der Waals surface area contributed by atoms with Gasteiger partial charge in [0.25, 0.3) is 0 Å². The van der Waals surface area contributed by atoms with E-state index in [4.69, 9.17) is 9.72 Å². The maximum atomic E-state index is 5.44. The number of nitrogens with one attached hydrogen (secondary N) is 1. The van der Waals surface area contributed by atoms with Crippen molar-refractivity contribution < 1.29 is 4.74 Å². The zero-order valence-electron chi connectivity index (χ0n) is 14.8. The van der Waals surface area contributed by atoms with Gasteiger partial charge in [0.05, 0.1) is 36.6 Å². The highest BCUT2D eigenvalue weighted by atomic mass is 16.5. The quantitative estimate of drug-likeness (QED) is 0.784. The molecule has 1 aliphatic carbocycles. The molecule has 3 aromatic rings. The van der Waals surface area contributed by atoms with E-state index in [-0.39, 0.29) is 0 Å². The van der Waals surface area contributed by atoms with Crippen molar-refractivity contribution in [2.24, 2.45) is 0 Å². The maximum absolute atomic E-state index is 5.44. The number of rotatable bonds is 3. The van der Waals surface area contributed by atoms with Crippen LogP contribution in [0.25, 0.3) is 22.2 Å². The number of nitrogens with zero attached hydrogens (tertiary/aromatic N) is 4. The van der Waals surface area contributed by atoms with Gasteiger partial charge in [-0.15, -0.1) is 0 Å². The van der Waals surface area contributed by atoms with Crippen LogP contribution in [0.2, 0.25) is 0 Å². The summed E-state index contributed by atoms with van der Waals surface area (Å²) in [5, 5.41) is 7.58. The highest BCUT2D eigenvalue weighted by Crippen LogP contribution is 2.38. The van der Waals surface area contributed by atoms with E-state index < -0.39 is 0 Å². The molecule has 1 aliphatic heterocycles. The van der Waals surface area contributed by atoms with Crippen molar-refractivity contribution >= 4 is 16.9 Å². The second-order valence-corrected chi connectivity index (χ2v) is 7.21. The summed E-state index contributed by atoms with van der Waals surface area (Å²) in [4.78, 5) is 11.7. The standard InChI is InChI=1S/C20H23N5O/c1-2-4-14(3-1)20-16(12-22-24-20)15-5-6-17-18(11-15)23-19(13-21-17)25-7-9-26-10-8-25/h5-6,11-14H,1-4,7-10H2,(H,22,24). The lowest BCUT2D eigenvalue weighted by Gasteiger charge is -2.27. The van der Waals surface area contributed by atoms with Crippen molar-refractivity contribution in [3.63, 3.8) is 0 Å². The third-order valence-corrected chi connectivity index (χ3v) is 5.61. The lowest BCUT2D eigenvalue weighted by molar-refractivity contribution is 0.122. The lowest BCUT2D eigenvalue weighted by atomic mass is 9.96. The van der Waals surface area contributed by atoms with Gasteiger partial charge in [0.15, 0.2) is 0 Å². The number of morpholine rings is 1. The molecule has 1 saturated carbocycles. The molecule has 26 heavy (non-hydrogen) atoms. The molecule has 1 saturated heterocycles. The molecule has 0 amide bonds. The summed E-state index contributed by atoms with van der Waals surface area (Å²) in [6.07, 6.45) is 8.96. The van der Waals surface area contributed by atoms with Gasteiger partial charge in [-0.3, -0.25) is 10.1 Å². The molecular formula is C20H23N5O. The van der Waals surface area contributed by atoms with E-state index in [0.717, 1.165) is 43.2 Å². The van der Waals surface area contributed by atoms with Crippen molar-refractivity contribution in [2.75, 3.05) is 31.2 Å². The summed E-state index contributed by atoms with van der Waals surface area (Å²) in [5.74, 6) is 1.54. The van der Waals surface area contributed by atoms with Gasteiger partial charge >= 0.3 is 0 Å². The zero-order chi connectivity index (χ0) is 17.3. The Balaban J connectivity index is 1.52. The van der Waals surface area contributed by atoms with Crippen LogP contribution in [0.3, 0.4) is 0 Å². The summed E-state index contributed by atoms with van der Waals surface area (Å²) in [7, 11) is 0. The van der Waals surface area contributed by atoms with Gasteiger partial charge in [-0.1, -0.05) is 18.9 Å². The van der Waals surface area contributed by atoms with Crippen molar-refractivity contribution in [1.29, 1.82) is 0 Å². The Morgan fingerprint density at radius 3 is 2.73 bits per heavy atom. The number of hydrogen-bond acceptors (Lipinski definition) is 5. The number of aromatic nitrogens is 4. The minimum atomic E-state index is 0.606. The van der Waals surface area contributed by atoms with Crippen LogP contribution < -0.4 is 4.90 Å². The number of aromatic amines is 1. The Kier molecular flexibility index (Phi) is 4.05. The molecule has 3 heterocycles. The SMILES string of the molecule is c1cc2ncc(N3CCOCC3)nc2cc1-c1cn[nH]c1C1CCCC1. The first-order chi connectivity index (χ1) is 12.9. The zero-order valence-corrected chi connectivity index (χ0v) is 14.8. The number of fused-ring (bicyclic) bond motifs is 1. The molecule has 5 rings (SSSR count). The Bertz CT molecular complexity index is 909. The molecule has 1 N–H and O–H groups in total. The Morgan fingerprint density at radius 2 is 1.88 bits per heavy atom.